The van der Waals surface area contributed by atoms with E-state index in [2.05, 4.69) is 31.9 Å². The molecule has 1 fully saturated rings. The average Bonchev–Trinajstić information content (AvgIpc) is 2.49. The molecule has 0 aromatic heterocycles. The maximum absolute atomic E-state index is 6.46. The Morgan fingerprint density at radius 3 is 2.77 bits per heavy atom. The fourth-order valence-electron chi connectivity index (χ4n) is 3.38. The Bertz CT molecular complexity index is 522. The minimum atomic E-state index is -0.0702. The van der Waals surface area contributed by atoms with Crippen LogP contribution in [-0.4, -0.2) is 37.2 Å². The molecule has 2 aliphatic rings. The molecule has 1 saturated heterocycles. The first kappa shape index (κ1) is 15.6. The molecular formula is C18H28N2O2. The van der Waals surface area contributed by atoms with Gasteiger partial charge in [0.1, 0.15) is 17.1 Å². The molecule has 22 heavy (non-hydrogen) atoms. The van der Waals surface area contributed by atoms with E-state index in [1.54, 1.807) is 0 Å². The van der Waals surface area contributed by atoms with Crippen molar-refractivity contribution in [2.24, 2.45) is 11.7 Å². The van der Waals surface area contributed by atoms with Gasteiger partial charge in [-0.1, -0.05) is 13.8 Å². The maximum atomic E-state index is 6.46. The van der Waals surface area contributed by atoms with Gasteiger partial charge in [-0.25, -0.2) is 0 Å². The number of likely N-dealkylation sites (tertiary alicyclic amines) is 1. The number of nitrogens with two attached hydrogens (primary N) is 1. The van der Waals surface area contributed by atoms with Gasteiger partial charge in [0.15, 0.2) is 0 Å². The average molecular weight is 304 g/mol. The summed E-state index contributed by atoms with van der Waals surface area (Å²) in [6.07, 6.45) is 3.02. The number of hydrogen-bond acceptors (Lipinski definition) is 4. The molecule has 0 amide bonds. The highest BCUT2D eigenvalue weighted by atomic mass is 16.5. The van der Waals surface area contributed by atoms with Crippen LogP contribution in [0.15, 0.2) is 18.2 Å². The number of rotatable bonds is 3. The molecule has 4 nitrogen and oxygen atoms in total. The second-order valence-electron chi connectivity index (χ2n) is 7.30. The van der Waals surface area contributed by atoms with Crippen LogP contribution in [0.5, 0.6) is 11.5 Å². The second-order valence-corrected chi connectivity index (χ2v) is 7.30. The van der Waals surface area contributed by atoms with E-state index in [1.807, 2.05) is 12.1 Å². The summed E-state index contributed by atoms with van der Waals surface area (Å²) in [6, 6.07) is 6.13. The smallest absolute Gasteiger partial charge is 0.125 e. The summed E-state index contributed by atoms with van der Waals surface area (Å²) < 4.78 is 12.2. The zero-order valence-corrected chi connectivity index (χ0v) is 14.0. The Morgan fingerprint density at radius 2 is 2.09 bits per heavy atom. The zero-order chi connectivity index (χ0) is 15.7. The van der Waals surface area contributed by atoms with Gasteiger partial charge in [0.05, 0.1) is 6.61 Å². The first-order valence-corrected chi connectivity index (χ1v) is 8.37. The van der Waals surface area contributed by atoms with Gasteiger partial charge in [0.2, 0.25) is 0 Å². The molecule has 2 N–H and O–H groups in total. The number of ether oxygens (including phenoxy) is 2. The molecule has 1 spiro atoms. The summed E-state index contributed by atoms with van der Waals surface area (Å²) in [4.78, 5) is 2.36. The fourth-order valence-corrected chi connectivity index (χ4v) is 3.38. The monoisotopic (exact) mass is 304 g/mol. The van der Waals surface area contributed by atoms with Crippen molar-refractivity contribution in [2.75, 3.05) is 26.7 Å². The molecule has 0 radical (unpaired) electrons. The highest BCUT2D eigenvalue weighted by Gasteiger charge is 2.41. The fraction of sp³-hybridized carbons (Fsp3) is 0.667. The topological polar surface area (TPSA) is 47.7 Å². The lowest BCUT2D eigenvalue weighted by atomic mass is 9.81. The maximum Gasteiger partial charge on any atom is 0.125 e. The zero-order valence-electron chi connectivity index (χ0n) is 14.0. The molecule has 0 saturated carbocycles. The summed E-state index contributed by atoms with van der Waals surface area (Å²) in [6.45, 7) is 7.19. The van der Waals surface area contributed by atoms with E-state index in [0.29, 0.717) is 5.92 Å². The molecule has 2 aliphatic heterocycles. The third-order valence-electron chi connectivity index (χ3n) is 4.78. The number of piperidine rings is 1. The van der Waals surface area contributed by atoms with Crippen LogP contribution in [0.4, 0.5) is 0 Å². The van der Waals surface area contributed by atoms with Gasteiger partial charge in [-0.05, 0) is 44.0 Å². The molecule has 0 bridgehead atoms. The highest BCUT2D eigenvalue weighted by Crippen LogP contribution is 2.44. The van der Waals surface area contributed by atoms with Crippen molar-refractivity contribution >= 4 is 0 Å². The van der Waals surface area contributed by atoms with E-state index in [1.165, 1.54) is 0 Å². The normalized spacial score (nSPS) is 24.1. The third kappa shape index (κ3) is 3.23. The molecule has 0 aliphatic carbocycles. The quantitative estimate of drug-likeness (QED) is 0.932. The van der Waals surface area contributed by atoms with Crippen molar-refractivity contribution in [3.8, 4) is 11.5 Å². The molecular weight excluding hydrogens is 276 g/mol. The van der Waals surface area contributed by atoms with Crippen LogP contribution in [0.1, 0.15) is 44.7 Å². The van der Waals surface area contributed by atoms with Crippen LogP contribution >= 0.6 is 0 Å². The Balaban J connectivity index is 1.77. The lowest BCUT2D eigenvalue weighted by Crippen LogP contribution is -2.50. The van der Waals surface area contributed by atoms with E-state index in [4.69, 9.17) is 15.2 Å². The van der Waals surface area contributed by atoms with Gasteiger partial charge in [-0.3, -0.25) is 0 Å². The summed E-state index contributed by atoms with van der Waals surface area (Å²) >= 11 is 0. The van der Waals surface area contributed by atoms with Crippen LogP contribution in [0.2, 0.25) is 0 Å². The first-order valence-electron chi connectivity index (χ1n) is 8.37. The Hall–Kier alpha value is -1.26. The van der Waals surface area contributed by atoms with Crippen molar-refractivity contribution in [3.63, 3.8) is 0 Å². The molecule has 1 aromatic carbocycles. The molecule has 1 unspecified atom stereocenters. The summed E-state index contributed by atoms with van der Waals surface area (Å²) in [5.74, 6) is 2.36. The van der Waals surface area contributed by atoms with Gasteiger partial charge < -0.3 is 20.1 Å². The van der Waals surface area contributed by atoms with Crippen LogP contribution < -0.4 is 15.2 Å². The summed E-state index contributed by atoms with van der Waals surface area (Å²) in [7, 11) is 2.17. The minimum Gasteiger partial charge on any atom is -0.493 e. The second kappa shape index (κ2) is 6.09. The lowest BCUT2D eigenvalue weighted by molar-refractivity contribution is -0.0165. The van der Waals surface area contributed by atoms with Crippen LogP contribution in [0, 0.1) is 5.92 Å². The number of nitrogens with zero attached hydrogens (tertiary/aromatic N) is 1. The largest absolute Gasteiger partial charge is 0.493 e. The van der Waals surface area contributed by atoms with Crippen molar-refractivity contribution in [1.82, 2.24) is 4.90 Å². The van der Waals surface area contributed by atoms with Gasteiger partial charge in [-0.15, -0.1) is 0 Å². The molecule has 1 aromatic rings. The number of benzene rings is 1. The standard InChI is InChI=1S/C18H28N2O2/c1-13(2)12-21-14-4-5-17-15(10-14)16(19)11-18(22-17)6-8-20(3)9-7-18/h4-5,10,13,16H,6-9,11-12,19H2,1-3H3. The van der Waals surface area contributed by atoms with E-state index in [0.717, 1.165) is 56.0 Å². The lowest BCUT2D eigenvalue weighted by Gasteiger charge is -2.45. The van der Waals surface area contributed by atoms with Crippen molar-refractivity contribution in [2.45, 2.75) is 44.8 Å². The van der Waals surface area contributed by atoms with Gasteiger partial charge >= 0.3 is 0 Å². The number of fused-ring (bicyclic) bond motifs is 1. The van der Waals surface area contributed by atoms with Gasteiger partial charge in [0.25, 0.3) is 0 Å². The van der Waals surface area contributed by atoms with E-state index >= 15 is 0 Å². The Morgan fingerprint density at radius 1 is 1.36 bits per heavy atom. The summed E-state index contributed by atoms with van der Waals surface area (Å²) in [5, 5.41) is 0. The highest BCUT2D eigenvalue weighted by molar-refractivity contribution is 5.44. The minimum absolute atomic E-state index is 0.0368. The van der Waals surface area contributed by atoms with E-state index < -0.39 is 0 Å². The molecule has 2 heterocycles. The Labute approximate surface area is 133 Å². The van der Waals surface area contributed by atoms with Crippen LogP contribution in [0.25, 0.3) is 0 Å². The summed E-state index contributed by atoms with van der Waals surface area (Å²) in [5.41, 5.74) is 7.48. The van der Waals surface area contributed by atoms with Crippen molar-refractivity contribution < 1.29 is 9.47 Å². The number of hydrogen-bond donors (Lipinski definition) is 1. The Kier molecular flexibility index (Phi) is 4.33. The van der Waals surface area contributed by atoms with Crippen LogP contribution in [-0.2, 0) is 0 Å². The molecule has 122 valence electrons. The molecule has 4 heteroatoms. The van der Waals surface area contributed by atoms with Crippen LogP contribution in [0.3, 0.4) is 0 Å². The molecule has 1 atom stereocenters. The van der Waals surface area contributed by atoms with Gasteiger partial charge in [-0.2, -0.15) is 0 Å². The van der Waals surface area contributed by atoms with E-state index in [9.17, 15) is 0 Å². The predicted molar refractivity (Wildman–Crippen MR) is 88.4 cm³/mol. The van der Waals surface area contributed by atoms with E-state index in [-0.39, 0.29) is 11.6 Å². The van der Waals surface area contributed by atoms with Crippen molar-refractivity contribution in [1.29, 1.82) is 0 Å². The third-order valence-corrected chi connectivity index (χ3v) is 4.78. The molecule has 3 rings (SSSR count). The SMILES string of the molecule is CC(C)COc1ccc2c(c1)C(N)CC1(CCN(C)CC1)O2. The van der Waals surface area contributed by atoms with Crippen molar-refractivity contribution in [3.05, 3.63) is 23.8 Å². The van der Waals surface area contributed by atoms with Gasteiger partial charge in [0, 0.05) is 31.1 Å². The first-order chi connectivity index (χ1) is 10.5. The predicted octanol–water partition coefficient (Wildman–Crippen LogP) is 2.97.